The van der Waals surface area contributed by atoms with Crippen molar-refractivity contribution >= 4 is 28.6 Å². The zero-order valence-corrected chi connectivity index (χ0v) is 11.4. The van der Waals surface area contributed by atoms with E-state index in [1.807, 2.05) is 0 Å². The van der Waals surface area contributed by atoms with Crippen molar-refractivity contribution in [3.05, 3.63) is 47.2 Å². The van der Waals surface area contributed by atoms with Gasteiger partial charge < -0.3 is 10.5 Å². The summed E-state index contributed by atoms with van der Waals surface area (Å²) in [7, 11) is 1.54. The number of fused-ring (bicyclic) bond motifs is 1. The lowest BCUT2D eigenvalue weighted by Gasteiger charge is -2.09. The van der Waals surface area contributed by atoms with Gasteiger partial charge in [0, 0.05) is 12.1 Å². The lowest BCUT2D eigenvalue weighted by Crippen LogP contribution is -2.01. The van der Waals surface area contributed by atoms with Gasteiger partial charge in [-0.3, -0.25) is 4.57 Å². The fraction of sp³-hybridized carbons (Fsp3) is 0.0714. The average Bonchev–Trinajstić information content (AvgIpc) is 2.74. The molecule has 0 spiro atoms. The van der Waals surface area contributed by atoms with Gasteiger partial charge in [0.15, 0.2) is 0 Å². The highest BCUT2D eigenvalue weighted by molar-refractivity contribution is 6.32. The summed E-state index contributed by atoms with van der Waals surface area (Å²) in [5.74, 6) is 0.457. The number of methoxy groups -OCH3 is 1. The molecule has 6 heteroatoms. The van der Waals surface area contributed by atoms with E-state index in [1.165, 1.54) is 19.2 Å². The topological polar surface area (TPSA) is 53.1 Å². The number of hydrogen-bond acceptors (Lipinski definition) is 3. The van der Waals surface area contributed by atoms with Gasteiger partial charge >= 0.3 is 0 Å². The van der Waals surface area contributed by atoms with Crippen LogP contribution >= 0.6 is 11.6 Å². The zero-order valence-electron chi connectivity index (χ0n) is 10.6. The molecule has 4 nitrogen and oxygen atoms in total. The van der Waals surface area contributed by atoms with E-state index in [4.69, 9.17) is 22.1 Å². The number of anilines is 1. The van der Waals surface area contributed by atoms with E-state index >= 15 is 0 Å². The summed E-state index contributed by atoms with van der Waals surface area (Å²) in [6.45, 7) is 0. The van der Waals surface area contributed by atoms with Gasteiger partial charge in [-0.2, -0.15) is 0 Å². The van der Waals surface area contributed by atoms with Gasteiger partial charge in [-0.25, -0.2) is 9.37 Å². The number of nitrogens with zero attached hydrogens (tertiary/aromatic N) is 2. The number of imidazole rings is 1. The van der Waals surface area contributed by atoms with Crippen LogP contribution in [0.1, 0.15) is 0 Å². The first kappa shape index (κ1) is 12.7. The summed E-state index contributed by atoms with van der Waals surface area (Å²) in [5.41, 5.74) is 7.88. The fourth-order valence-corrected chi connectivity index (χ4v) is 2.33. The quantitative estimate of drug-likeness (QED) is 0.787. The maximum atomic E-state index is 13.2. The summed E-state index contributed by atoms with van der Waals surface area (Å²) >= 11 is 6.01. The van der Waals surface area contributed by atoms with Crippen molar-refractivity contribution in [1.82, 2.24) is 9.55 Å². The molecule has 0 fully saturated rings. The first-order valence-electron chi connectivity index (χ1n) is 5.87. The predicted molar refractivity (Wildman–Crippen MR) is 77.0 cm³/mol. The van der Waals surface area contributed by atoms with Crippen LogP contribution in [0.3, 0.4) is 0 Å². The normalized spacial score (nSPS) is 10.9. The number of halogens is 2. The maximum absolute atomic E-state index is 13.2. The Labute approximate surface area is 119 Å². The molecule has 0 aliphatic carbocycles. The van der Waals surface area contributed by atoms with Gasteiger partial charge in [0.1, 0.15) is 11.6 Å². The van der Waals surface area contributed by atoms with Crippen molar-refractivity contribution in [2.75, 3.05) is 12.8 Å². The minimum atomic E-state index is -0.351. The Balaban J connectivity index is 2.26. The van der Waals surface area contributed by atoms with Gasteiger partial charge in [0.25, 0.3) is 0 Å². The van der Waals surface area contributed by atoms with Crippen LogP contribution in [-0.2, 0) is 0 Å². The number of nitrogen functional groups attached to an aromatic ring is 1. The smallest absolute Gasteiger partial charge is 0.205 e. The predicted octanol–water partition coefficient (Wildman–Crippen LogP) is 3.41. The van der Waals surface area contributed by atoms with E-state index in [-0.39, 0.29) is 11.8 Å². The van der Waals surface area contributed by atoms with Gasteiger partial charge in [-0.1, -0.05) is 11.6 Å². The molecule has 3 aromatic rings. The first-order chi connectivity index (χ1) is 9.60. The summed E-state index contributed by atoms with van der Waals surface area (Å²) in [6, 6.07) is 9.61. The number of rotatable bonds is 2. The van der Waals surface area contributed by atoms with Gasteiger partial charge in [-0.05, 0) is 24.3 Å². The Bertz CT molecular complexity index is 800. The van der Waals surface area contributed by atoms with Crippen molar-refractivity contribution in [1.29, 1.82) is 0 Å². The molecular weight excluding hydrogens is 281 g/mol. The van der Waals surface area contributed by atoms with Crippen LogP contribution < -0.4 is 10.5 Å². The summed E-state index contributed by atoms with van der Waals surface area (Å²) in [6.07, 6.45) is 0. The highest BCUT2D eigenvalue weighted by atomic mass is 35.5. The van der Waals surface area contributed by atoms with Crippen LogP contribution in [0.25, 0.3) is 16.7 Å². The van der Waals surface area contributed by atoms with Gasteiger partial charge in [-0.15, -0.1) is 0 Å². The Morgan fingerprint density at radius 2 is 2.05 bits per heavy atom. The zero-order chi connectivity index (χ0) is 14.3. The molecule has 2 aromatic carbocycles. The standard InChI is InChI=1S/C14H11ClFN3O/c1-20-13-7-9(3-4-10(13)15)19-12-5-2-8(16)6-11(12)18-14(19)17/h2-7H,1H3,(H2,17,18). The molecule has 1 heterocycles. The van der Waals surface area contributed by atoms with Crippen molar-refractivity contribution in [3.63, 3.8) is 0 Å². The molecule has 0 atom stereocenters. The molecule has 2 N–H and O–H groups in total. The maximum Gasteiger partial charge on any atom is 0.205 e. The largest absolute Gasteiger partial charge is 0.495 e. The molecule has 0 aliphatic rings. The van der Waals surface area contributed by atoms with E-state index in [9.17, 15) is 4.39 Å². The van der Waals surface area contributed by atoms with Crippen molar-refractivity contribution < 1.29 is 9.13 Å². The van der Waals surface area contributed by atoms with E-state index in [1.54, 1.807) is 28.8 Å². The SMILES string of the molecule is COc1cc(-n2c(N)nc3cc(F)ccc32)ccc1Cl. The number of benzene rings is 2. The van der Waals surface area contributed by atoms with E-state index < -0.39 is 0 Å². The molecule has 1 aromatic heterocycles. The Hall–Kier alpha value is -2.27. The van der Waals surface area contributed by atoms with E-state index in [0.717, 1.165) is 5.69 Å². The molecule has 0 amide bonds. The second kappa shape index (κ2) is 4.68. The molecule has 0 aliphatic heterocycles. The van der Waals surface area contributed by atoms with Crippen LogP contribution in [0.2, 0.25) is 5.02 Å². The summed E-state index contributed by atoms with van der Waals surface area (Å²) < 4.78 is 20.1. The molecule has 0 radical (unpaired) electrons. The van der Waals surface area contributed by atoms with Gasteiger partial charge in [0.05, 0.1) is 28.9 Å². The molecular formula is C14H11ClFN3O. The number of hydrogen-bond donors (Lipinski definition) is 1. The molecule has 0 saturated carbocycles. The van der Waals surface area contributed by atoms with Crippen LogP contribution in [0.5, 0.6) is 5.75 Å². The third kappa shape index (κ3) is 1.96. The molecule has 102 valence electrons. The van der Waals surface area contributed by atoms with E-state index in [0.29, 0.717) is 21.8 Å². The number of ether oxygens (including phenoxy) is 1. The Morgan fingerprint density at radius 1 is 1.25 bits per heavy atom. The third-order valence-corrected chi connectivity index (χ3v) is 3.35. The van der Waals surface area contributed by atoms with Crippen molar-refractivity contribution in [2.45, 2.75) is 0 Å². The minimum Gasteiger partial charge on any atom is -0.495 e. The molecule has 3 rings (SSSR count). The van der Waals surface area contributed by atoms with Crippen LogP contribution in [0.15, 0.2) is 36.4 Å². The Kier molecular flexibility index (Phi) is 2.99. The third-order valence-electron chi connectivity index (χ3n) is 3.04. The van der Waals surface area contributed by atoms with Crippen molar-refractivity contribution in [2.24, 2.45) is 0 Å². The first-order valence-corrected chi connectivity index (χ1v) is 6.25. The highest BCUT2D eigenvalue weighted by Crippen LogP contribution is 2.30. The second-order valence-electron chi connectivity index (χ2n) is 4.26. The monoisotopic (exact) mass is 291 g/mol. The minimum absolute atomic E-state index is 0.273. The highest BCUT2D eigenvalue weighted by Gasteiger charge is 2.12. The molecule has 0 bridgehead atoms. The molecule has 20 heavy (non-hydrogen) atoms. The fourth-order valence-electron chi connectivity index (χ4n) is 2.13. The van der Waals surface area contributed by atoms with Crippen LogP contribution in [0.4, 0.5) is 10.3 Å². The number of nitrogens with two attached hydrogens (primary N) is 1. The van der Waals surface area contributed by atoms with Crippen LogP contribution in [0, 0.1) is 5.82 Å². The molecule has 0 saturated heterocycles. The van der Waals surface area contributed by atoms with E-state index in [2.05, 4.69) is 4.98 Å². The lowest BCUT2D eigenvalue weighted by molar-refractivity contribution is 0.415. The lowest BCUT2D eigenvalue weighted by atomic mass is 10.2. The second-order valence-corrected chi connectivity index (χ2v) is 4.66. The Morgan fingerprint density at radius 3 is 2.80 bits per heavy atom. The summed E-state index contributed by atoms with van der Waals surface area (Å²) in [5, 5.41) is 0.505. The average molecular weight is 292 g/mol. The van der Waals surface area contributed by atoms with Crippen LogP contribution in [-0.4, -0.2) is 16.7 Å². The summed E-state index contributed by atoms with van der Waals surface area (Å²) in [4.78, 5) is 4.16. The van der Waals surface area contributed by atoms with Gasteiger partial charge in [0.2, 0.25) is 5.95 Å². The number of aromatic nitrogens is 2. The molecule has 0 unspecified atom stereocenters. The van der Waals surface area contributed by atoms with Crippen molar-refractivity contribution in [3.8, 4) is 11.4 Å².